The van der Waals surface area contributed by atoms with Gasteiger partial charge in [-0.15, -0.1) is 0 Å². The Morgan fingerprint density at radius 3 is 2.74 bits per heavy atom. The van der Waals surface area contributed by atoms with E-state index in [4.69, 9.17) is 0 Å². The molecule has 1 atom stereocenters. The van der Waals surface area contributed by atoms with Gasteiger partial charge in [0.15, 0.2) is 0 Å². The van der Waals surface area contributed by atoms with Crippen LogP contribution in [0.5, 0.6) is 0 Å². The van der Waals surface area contributed by atoms with Gasteiger partial charge < -0.3 is 5.32 Å². The third-order valence-corrected chi connectivity index (χ3v) is 3.76. The molecule has 2 nitrogen and oxygen atoms in total. The topological polar surface area (TPSA) is 24.9 Å². The summed E-state index contributed by atoms with van der Waals surface area (Å²) in [4.78, 5) is 4.51. The Morgan fingerprint density at radius 1 is 1.26 bits per heavy atom. The maximum atomic E-state index is 4.51. The first-order valence-corrected chi connectivity index (χ1v) is 7.67. The van der Waals surface area contributed by atoms with Crippen LogP contribution in [0.3, 0.4) is 0 Å². The molecule has 1 aromatic heterocycles. The summed E-state index contributed by atoms with van der Waals surface area (Å²) in [6.07, 6.45) is 2.86. The van der Waals surface area contributed by atoms with Crippen LogP contribution in [0.1, 0.15) is 29.8 Å². The predicted octanol–water partition coefficient (Wildman–Crippen LogP) is 3.89. The van der Waals surface area contributed by atoms with Gasteiger partial charge in [-0.25, -0.2) is 0 Å². The molecular formula is C16H19IN2. The maximum absolute atomic E-state index is 4.51. The minimum absolute atomic E-state index is 0.329. The zero-order chi connectivity index (χ0) is 13.7. The molecule has 1 heterocycles. The van der Waals surface area contributed by atoms with E-state index in [1.54, 1.807) is 0 Å². The summed E-state index contributed by atoms with van der Waals surface area (Å²) in [5, 5.41) is 3.55. The molecule has 0 fully saturated rings. The first kappa shape index (κ1) is 14.5. The van der Waals surface area contributed by atoms with Crippen LogP contribution in [0, 0.1) is 10.5 Å². The second-order valence-corrected chi connectivity index (χ2v) is 5.94. The highest BCUT2D eigenvalue weighted by Crippen LogP contribution is 2.19. The molecule has 2 rings (SSSR count). The molecule has 0 aliphatic carbocycles. The Labute approximate surface area is 128 Å². The number of likely N-dealkylation sites (N-methyl/N-ethyl adjacent to an activating group) is 1. The Morgan fingerprint density at radius 2 is 2.11 bits per heavy atom. The summed E-state index contributed by atoms with van der Waals surface area (Å²) >= 11 is 2.36. The van der Waals surface area contributed by atoms with Crippen LogP contribution in [0.2, 0.25) is 0 Å². The zero-order valence-electron chi connectivity index (χ0n) is 11.4. The first-order chi connectivity index (χ1) is 9.19. The van der Waals surface area contributed by atoms with Crippen molar-refractivity contribution < 1.29 is 0 Å². The van der Waals surface area contributed by atoms with E-state index < -0.39 is 0 Å². The number of nitrogens with zero attached hydrogens (tertiary/aromatic N) is 1. The molecule has 0 spiro atoms. The van der Waals surface area contributed by atoms with Crippen LogP contribution >= 0.6 is 22.6 Å². The van der Waals surface area contributed by atoms with Crippen LogP contribution in [0.15, 0.2) is 42.6 Å². The first-order valence-electron chi connectivity index (χ1n) is 6.59. The van der Waals surface area contributed by atoms with Gasteiger partial charge in [-0.3, -0.25) is 4.98 Å². The summed E-state index contributed by atoms with van der Waals surface area (Å²) in [5.41, 5.74) is 3.67. The number of nitrogens with one attached hydrogen (secondary N) is 1. The van der Waals surface area contributed by atoms with E-state index in [1.807, 2.05) is 6.20 Å². The van der Waals surface area contributed by atoms with Crippen LogP contribution in [-0.2, 0) is 6.42 Å². The Bertz CT molecular complexity index is 523. The van der Waals surface area contributed by atoms with Gasteiger partial charge in [0, 0.05) is 27.9 Å². The van der Waals surface area contributed by atoms with Crippen LogP contribution in [0.4, 0.5) is 0 Å². The molecule has 0 radical (unpaired) electrons. The lowest BCUT2D eigenvalue weighted by Crippen LogP contribution is -2.23. The van der Waals surface area contributed by atoms with Crippen LogP contribution in [-0.4, -0.2) is 11.5 Å². The smallest absolute Gasteiger partial charge is 0.0422 e. The third-order valence-electron chi connectivity index (χ3n) is 3.09. The van der Waals surface area contributed by atoms with E-state index in [9.17, 15) is 0 Å². The Balaban J connectivity index is 2.18. The monoisotopic (exact) mass is 366 g/mol. The number of pyridine rings is 1. The molecule has 19 heavy (non-hydrogen) atoms. The fraction of sp³-hybridized carbons (Fsp3) is 0.312. The van der Waals surface area contributed by atoms with E-state index in [-0.39, 0.29) is 0 Å². The highest BCUT2D eigenvalue weighted by Gasteiger charge is 2.12. The van der Waals surface area contributed by atoms with Crippen molar-refractivity contribution in [2.75, 3.05) is 6.54 Å². The fourth-order valence-electron chi connectivity index (χ4n) is 2.11. The quantitative estimate of drug-likeness (QED) is 0.813. The number of aryl methyl sites for hydroxylation is 1. The fourth-order valence-corrected chi connectivity index (χ4v) is 2.67. The van der Waals surface area contributed by atoms with Crippen molar-refractivity contribution in [2.45, 2.75) is 26.3 Å². The largest absolute Gasteiger partial charge is 0.310 e. The summed E-state index contributed by atoms with van der Waals surface area (Å²) in [6, 6.07) is 13.2. The van der Waals surface area contributed by atoms with E-state index in [0.717, 1.165) is 18.7 Å². The molecule has 1 N–H and O–H groups in total. The highest BCUT2D eigenvalue weighted by molar-refractivity contribution is 14.1. The second kappa shape index (κ2) is 7.01. The summed E-state index contributed by atoms with van der Waals surface area (Å²) in [6.45, 7) is 5.17. The number of hydrogen-bond donors (Lipinski definition) is 1. The molecular weight excluding hydrogens is 347 g/mol. The molecule has 0 amide bonds. The van der Waals surface area contributed by atoms with Gasteiger partial charge in [0.2, 0.25) is 0 Å². The average Bonchev–Trinajstić information content (AvgIpc) is 2.41. The molecule has 0 saturated carbocycles. The molecule has 0 saturated heterocycles. The molecule has 100 valence electrons. The Hall–Kier alpha value is -0.940. The normalized spacial score (nSPS) is 12.4. The number of hydrogen-bond acceptors (Lipinski definition) is 2. The molecule has 0 aliphatic rings. The minimum Gasteiger partial charge on any atom is -0.310 e. The van der Waals surface area contributed by atoms with Gasteiger partial charge in [-0.2, -0.15) is 0 Å². The molecule has 3 heteroatoms. The summed E-state index contributed by atoms with van der Waals surface area (Å²) in [5.74, 6) is 0. The second-order valence-electron chi connectivity index (χ2n) is 4.70. The van der Waals surface area contributed by atoms with E-state index in [0.29, 0.717) is 6.04 Å². The van der Waals surface area contributed by atoms with Crippen molar-refractivity contribution >= 4 is 22.6 Å². The predicted molar refractivity (Wildman–Crippen MR) is 88.3 cm³/mol. The van der Waals surface area contributed by atoms with Crippen molar-refractivity contribution in [3.63, 3.8) is 0 Å². The number of halogens is 1. The van der Waals surface area contributed by atoms with Crippen molar-refractivity contribution in [3.8, 4) is 0 Å². The van der Waals surface area contributed by atoms with Crippen LogP contribution < -0.4 is 5.32 Å². The number of benzene rings is 1. The zero-order valence-corrected chi connectivity index (χ0v) is 13.5. The van der Waals surface area contributed by atoms with Crippen molar-refractivity contribution in [1.82, 2.24) is 10.3 Å². The van der Waals surface area contributed by atoms with Crippen LogP contribution in [0.25, 0.3) is 0 Å². The highest BCUT2D eigenvalue weighted by atomic mass is 127. The van der Waals surface area contributed by atoms with Gasteiger partial charge in [0.05, 0.1) is 0 Å². The molecule has 0 aliphatic heterocycles. The minimum atomic E-state index is 0.329. The maximum Gasteiger partial charge on any atom is 0.0422 e. The molecule has 0 bridgehead atoms. The Kier molecular flexibility index (Phi) is 5.34. The lowest BCUT2D eigenvalue weighted by atomic mass is 10.0. The van der Waals surface area contributed by atoms with E-state index in [2.05, 4.69) is 83.1 Å². The standard InChI is InChI=1S/C16H19IN2/c1-3-18-16(13-5-4-6-14(17)9-13)10-15-8-7-12(2)11-19-15/h4-9,11,16,18H,3,10H2,1-2H3. The third kappa shape index (κ3) is 4.28. The van der Waals surface area contributed by atoms with Gasteiger partial charge in [-0.1, -0.05) is 25.1 Å². The van der Waals surface area contributed by atoms with Crippen molar-refractivity contribution in [3.05, 3.63) is 63.0 Å². The number of rotatable bonds is 5. The van der Waals surface area contributed by atoms with Crippen molar-refractivity contribution in [1.29, 1.82) is 0 Å². The molecule has 1 aromatic carbocycles. The molecule has 2 aromatic rings. The van der Waals surface area contributed by atoms with Gasteiger partial charge in [0.25, 0.3) is 0 Å². The lowest BCUT2D eigenvalue weighted by molar-refractivity contribution is 0.544. The van der Waals surface area contributed by atoms with Crippen molar-refractivity contribution in [2.24, 2.45) is 0 Å². The van der Waals surface area contributed by atoms with Gasteiger partial charge >= 0.3 is 0 Å². The lowest BCUT2D eigenvalue weighted by Gasteiger charge is -2.18. The SMILES string of the molecule is CCNC(Cc1ccc(C)cn1)c1cccc(I)c1. The summed E-state index contributed by atoms with van der Waals surface area (Å²) < 4.78 is 1.27. The van der Waals surface area contributed by atoms with Gasteiger partial charge in [-0.05, 0) is 65.4 Å². The summed E-state index contributed by atoms with van der Waals surface area (Å²) in [7, 11) is 0. The van der Waals surface area contributed by atoms with E-state index >= 15 is 0 Å². The van der Waals surface area contributed by atoms with Gasteiger partial charge in [0.1, 0.15) is 0 Å². The molecule has 1 unspecified atom stereocenters. The number of aromatic nitrogens is 1. The average molecular weight is 366 g/mol. The van der Waals surface area contributed by atoms with E-state index in [1.165, 1.54) is 14.7 Å².